The quantitative estimate of drug-likeness (QED) is 0.352. The van der Waals surface area contributed by atoms with E-state index in [1.165, 1.54) is 0 Å². The normalized spacial score (nSPS) is 10.9. The van der Waals surface area contributed by atoms with E-state index >= 15 is 0 Å². The molecule has 0 radical (unpaired) electrons. The molecule has 4 aromatic rings. The predicted octanol–water partition coefficient (Wildman–Crippen LogP) is 5.00. The summed E-state index contributed by atoms with van der Waals surface area (Å²) in [4.78, 5) is 19.3. The summed E-state index contributed by atoms with van der Waals surface area (Å²) >= 11 is 0. The molecule has 0 atom stereocenters. The summed E-state index contributed by atoms with van der Waals surface area (Å²) in [7, 11) is 0. The molecule has 3 aromatic carbocycles. The fraction of sp³-hybridized carbons (Fsp3) is 0.222. The van der Waals surface area contributed by atoms with Gasteiger partial charge in [0.25, 0.3) is 5.91 Å². The SMILES string of the molecule is CCN(CC)CCNC(=O)c1ccc(-c2nc(-c3ccc(Oc4ccccc4)cc3)n[nH]2)cc1. The number of ether oxygens (including phenoxy) is 1. The maximum absolute atomic E-state index is 12.4. The molecule has 0 aliphatic heterocycles. The minimum absolute atomic E-state index is 0.0743. The number of para-hydroxylation sites is 1. The number of hydrogen-bond acceptors (Lipinski definition) is 5. The van der Waals surface area contributed by atoms with Crippen LogP contribution in [0.15, 0.2) is 78.9 Å². The van der Waals surface area contributed by atoms with Gasteiger partial charge in [0.15, 0.2) is 11.6 Å². The van der Waals surface area contributed by atoms with Crippen LogP contribution < -0.4 is 10.1 Å². The van der Waals surface area contributed by atoms with E-state index in [-0.39, 0.29) is 5.91 Å². The molecule has 1 amide bonds. The number of likely N-dealkylation sites (N-methyl/N-ethyl adjacent to an activating group) is 1. The van der Waals surface area contributed by atoms with Crippen LogP contribution in [0.2, 0.25) is 0 Å². The molecule has 0 unspecified atom stereocenters. The van der Waals surface area contributed by atoms with E-state index in [0.29, 0.717) is 23.8 Å². The second-order valence-corrected chi connectivity index (χ2v) is 7.81. The van der Waals surface area contributed by atoms with Crippen LogP contribution in [0.5, 0.6) is 11.5 Å². The van der Waals surface area contributed by atoms with Gasteiger partial charge >= 0.3 is 0 Å². The molecular weight excluding hydrogens is 426 g/mol. The first-order chi connectivity index (χ1) is 16.7. The molecular formula is C27H29N5O2. The third kappa shape index (κ3) is 5.88. The van der Waals surface area contributed by atoms with Crippen LogP contribution in [0.3, 0.4) is 0 Å². The highest BCUT2D eigenvalue weighted by molar-refractivity contribution is 5.94. The van der Waals surface area contributed by atoms with Gasteiger partial charge in [-0.25, -0.2) is 4.98 Å². The largest absolute Gasteiger partial charge is 0.457 e. The predicted molar refractivity (Wildman–Crippen MR) is 134 cm³/mol. The van der Waals surface area contributed by atoms with Crippen LogP contribution in [0.1, 0.15) is 24.2 Å². The van der Waals surface area contributed by atoms with Gasteiger partial charge in [-0.3, -0.25) is 9.89 Å². The summed E-state index contributed by atoms with van der Waals surface area (Å²) in [5.41, 5.74) is 2.37. The number of carbonyl (C=O) groups excluding carboxylic acids is 1. The monoisotopic (exact) mass is 455 g/mol. The Labute approximate surface area is 199 Å². The summed E-state index contributed by atoms with van der Waals surface area (Å²) < 4.78 is 5.84. The van der Waals surface area contributed by atoms with E-state index in [1.54, 1.807) is 12.1 Å². The van der Waals surface area contributed by atoms with Crippen LogP contribution in [-0.2, 0) is 0 Å². The first-order valence-corrected chi connectivity index (χ1v) is 11.5. The third-order valence-corrected chi connectivity index (χ3v) is 5.61. The van der Waals surface area contributed by atoms with Crippen molar-refractivity contribution in [1.29, 1.82) is 0 Å². The Morgan fingerprint density at radius 1 is 0.882 bits per heavy atom. The van der Waals surface area contributed by atoms with Crippen LogP contribution in [-0.4, -0.2) is 52.2 Å². The molecule has 0 bridgehead atoms. The highest BCUT2D eigenvalue weighted by atomic mass is 16.5. The van der Waals surface area contributed by atoms with Gasteiger partial charge in [0.05, 0.1) is 0 Å². The van der Waals surface area contributed by atoms with Gasteiger partial charge in [0, 0.05) is 29.8 Å². The number of nitrogens with one attached hydrogen (secondary N) is 2. The van der Waals surface area contributed by atoms with Crippen molar-refractivity contribution < 1.29 is 9.53 Å². The molecule has 7 heteroatoms. The van der Waals surface area contributed by atoms with Crippen molar-refractivity contribution in [3.63, 3.8) is 0 Å². The number of benzene rings is 3. The zero-order chi connectivity index (χ0) is 23.8. The van der Waals surface area contributed by atoms with Gasteiger partial charge in [-0.1, -0.05) is 44.2 Å². The molecule has 0 fully saturated rings. The molecule has 1 heterocycles. The number of rotatable bonds is 10. The Kier molecular flexibility index (Phi) is 7.67. The summed E-state index contributed by atoms with van der Waals surface area (Å²) in [6.07, 6.45) is 0. The first kappa shape index (κ1) is 23.2. The van der Waals surface area contributed by atoms with Gasteiger partial charge in [-0.2, -0.15) is 5.10 Å². The van der Waals surface area contributed by atoms with E-state index in [2.05, 4.69) is 39.2 Å². The molecule has 0 spiro atoms. The van der Waals surface area contributed by atoms with E-state index in [4.69, 9.17) is 4.74 Å². The molecule has 4 rings (SSSR count). The maximum Gasteiger partial charge on any atom is 0.251 e. The van der Waals surface area contributed by atoms with Crippen molar-refractivity contribution in [2.75, 3.05) is 26.2 Å². The first-order valence-electron chi connectivity index (χ1n) is 11.5. The Morgan fingerprint density at radius 3 is 2.21 bits per heavy atom. The molecule has 0 aliphatic rings. The van der Waals surface area contributed by atoms with E-state index in [1.807, 2.05) is 66.7 Å². The molecule has 1 aromatic heterocycles. The van der Waals surface area contributed by atoms with Gasteiger partial charge in [-0.05, 0) is 61.6 Å². The summed E-state index contributed by atoms with van der Waals surface area (Å²) in [6, 6.07) is 24.7. The lowest BCUT2D eigenvalue weighted by molar-refractivity contribution is 0.0949. The molecule has 174 valence electrons. The number of hydrogen-bond donors (Lipinski definition) is 2. The topological polar surface area (TPSA) is 83.1 Å². The molecule has 0 saturated carbocycles. The van der Waals surface area contributed by atoms with Crippen LogP contribution in [0, 0.1) is 0 Å². The molecule has 0 aliphatic carbocycles. The average Bonchev–Trinajstić information content (AvgIpc) is 3.38. The summed E-state index contributed by atoms with van der Waals surface area (Å²) in [6.45, 7) is 7.67. The molecule has 7 nitrogen and oxygen atoms in total. The van der Waals surface area contributed by atoms with E-state index in [0.717, 1.165) is 42.3 Å². The zero-order valence-electron chi connectivity index (χ0n) is 19.5. The number of amides is 1. The highest BCUT2D eigenvalue weighted by Crippen LogP contribution is 2.25. The number of H-pyrrole nitrogens is 1. The van der Waals surface area contributed by atoms with Crippen molar-refractivity contribution >= 4 is 5.91 Å². The van der Waals surface area contributed by atoms with Gasteiger partial charge in [0.2, 0.25) is 0 Å². The van der Waals surface area contributed by atoms with Gasteiger partial charge in [-0.15, -0.1) is 0 Å². The highest BCUT2D eigenvalue weighted by Gasteiger charge is 2.10. The molecule has 34 heavy (non-hydrogen) atoms. The lowest BCUT2D eigenvalue weighted by Crippen LogP contribution is -2.34. The Morgan fingerprint density at radius 2 is 1.53 bits per heavy atom. The Bertz CT molecular complexity index is 1180. The van der Waals surface area contributed by atoms with Gasteiger partial charge < -0.3 is 15.0 Å². The Balaban J connectivity index is 1.36. The number of carbonyl (C=O) groups is 1. The molecule has 2 N–H and O–H groups in total. The second-order valence-electron chi connectivity index (χ2n) is 7.81. The van der Waals surface area contributed by atoms with Crippen molar-refractivity contribution in [2.24, 2.45) is 0 Å². The molecule has 0 saturated heterocycles. The average molecular weight is 456 g/mol. The zero-order valence-corrected chi connectivity index (χ0v) is 19.5. The summed E-state index contributed by atoms with van der Waals surface area (Å²) in [5.74, 6) is 2.70. The second kappa shape index (κ2) is 11.2. The van der Waals surface area contributed by atoms with Gasteiger partial charge in [0.1, 0.15) is 11.5 Å². The van der Waals surface area contributed by atoms with Crippen molar-refractivity contribution in [2.45, 2.75) is 13.8 Å². The maximum atomic E-state index is 12.4. The minimum Gasteiger partial charge on any atom is -0.457 e. The van der Waals surface area contributed by atoms with Crippen molar-refractivity contribution in [3.8, 4) is 34.3 Å². The van der Waals surface area contributed by atoms with Crippen molar-refractivity contribution in [3.05, 3.63) is 84.4 Å². The number of aromatic nitrogens is 3. The lowest BCUT2D eigenvalue weighted by Gasteiger charge is -2.17. The lowest BCUT2D eigenvalue weighted by atomic mass is 10.1. The summed E-state index contributed by atoms with van der Waals surface area (Å²) in [5, 5.41) is 10.3. The number of aromatic amines is 1. The third-order valence-electron chi connectivity index (χ3n) is 5.61. The fourth-order valence-corrected chi connectivity index (χ4v) is 3.57. The smallest absolute Gasteiger partial charge is 0.251 e. The van der Waals surface area contributed by atoms with E-state index < -0.39 is 0 Å². The number of nitrogens with zero attached hydrogens (tertiary/aromatic N) is 3. The standard InChI is InChI=1S/C27H29N5O2/c1-3-32(4-2)19-18-28-27(33)22-12-10-20(11-13-22)25-29-26(31-30-25)21-14-16-24(17-15-21)34-23-8-6-5-7-9-23/h5-17H,3-4,18-19H2,1-2H3,(H,28,33)(H,29,30,31). The van der Waals surface area contributed by atoms with Crippen molar-refractivity contribution in [1.82, 2.24) is 25.4 Å². The fourth-order valence-electron chi connectivity index (χ4n) is 3.57. The van der Waals surface area contributed by atoms with Crippen LogP contribution in [0.25, 0.3) is 22.8 Å². The Hall–Kier alpha value is -3.97. The van der Waals surface area contributed by atoms with E-state index in [9.17, 15) is 4.79 Å². The minimum atomic E-state index is -0.0743. The van der Waals surface area contributed by atoms with Crippen LogP contribution >= 0.6 is 0 Å². The van der Waals surface area contributed by atoms with Crippen LogP contribution in [0.4, 0.5) is 0 Å².